The highest BCUT2D eigenvalue weighted by Gasteiger charge is 2.30. The fraction of sp³-hybridized carbons (Fsp3) is 0.500. The number of nitrogens with zero attached hydrogens (tertiary/aromatic N) is 3. The third kappa shape index (κ3) is 3.40. The molecule has 3 rings (SSSR count). The standard InChI is InChI=1S/C16H19Cl2N3O2/c1-10(2)23-14-8-13(11(17)7-12(14)18)21-16(22)9-20-6-4-3-5-15(20)19-21/h7-8,10H,3-6,9H2,1-2H3. The summed E-state index contributed by atoms with van der Waals surface area (Å²) in [6, 6.07) is 3.28. The largest absolute Gasteiger partial charge is 0.489 e. The predicted molar refractivity (Wildman–Crippen MR) is 92.6 cm³/mol. The van der Waals surface area contributed by atoms with Gasteiger partial charge in [0.15, 0.2) is 0 Å². The van der Waals surface area contributed by atoms with Crippen LogP contribution in [0.3, 0.4) is 0 Å². The molecule has 2 aliphatic heterocycles. The molecule has 1 aromatic carbocycles. The van der Waals surface area contributed by atoms with E-state index in [1.807, 2.05) is 18.7 Å². The average molecular weight is 356 g/mol. The van der Waals surface area contributed by atoms with Gasteiger partial charge in [-0.25, -0.2) is 0 Å². The summed E-state index contributed by atoms with van der Waals surface area (Å²) < 4.78 is 5.69. The maximum atomic E-state index is 12.5. The average Bonchev–Trinajstić information content (AvgIpc) is 2.49. The molecule has 0 bridgehead atoms. The third-order valence-electron chi connectivity index (χ3n) is 3.81. The topological polar surface area (TPSA) is 45.1 Å². The van der Waals surface area contributed by atoms with Crippen LogP contribution in [0.25, 0.3) is 0 Å². The number of halogens is 2. The molecule has 1 fully saturated rings. The second kappa shape index (κ2) is 6.57. The molecule has 2 heterocycles. The van der Waals surface area contributed by atoms with Gasteiger partial charge >= 0.3 is 0 Å². The van der Waals surface area contributed by atoms with Crippen molar-refractivity contribution < 1.29 is 9.53 Å². The Bertz CT molecular complexity index is 661. The molecule has 5 nitrogen and oxygen atoms in total. The highest BCUT2D eigenvalue weighted by Crippen LogP contribution is 2.38. The van der Waals surface area contributed by atoms with E-state index in [0.717, 1.165) is 31.6 Å². The van der Waals surface area contributed by atoms with E-state index in [1.54, 1.807) is 12.1 Å². The molecule has 23 heavy (non-hydrogen) atoms. The maximum Gasteiger partial charge on any atom is 0.267 e. The van der Waals surface area contributed by atoms with Crippen molar-refractivity contribution in [1.29, 1.82) is 0 Å². The van der Waals surface area contributed by atoms with Crippen LogP contribution in [0.4, 0.5) is 5.69 Å². The van der Waals surface area contributed by atoms with Crippen LogP contribution >= 0.6 is 23.2 Å². The Morgan fingerprint density at radius 1 is 1.22 bits per heavy atom. The number of hydrazone groups is 1. The molecule has 124 valence electrons. The summed E-state index contributed by atoms with van der Waals surface area (Å²) in [5, 5.41) is 6.69. The predicted octanol–water partition coefficient (Wildman–Crippen LogP) is 3.93. The van der Waals surface area contributed by atoms with E-state index in [4.69, 9.17) is 27.9 Å². The molecule has 0 N–H and O–H groups in total. The van der Waals surface area contributed by atoms with Gasteiger partial charge in [-0.1, -0.05) is 23.2 Å². The number of anilines is 1. The molecular weight excluding hydrogens is 337 g/mol. The number of amides is 1. The van der Waals surface area contributed by atoms with E-state index in [0.29, 0.717) is 28.0 Å². The highest BCUT2D eigenvalue weighted by molar-refractivity contribution is 6.37. The molecular formula is C16H19Cl2N3O2. The van der Waals surface area contributed by atoms with Crippen molar-refractivity contribution in [3.05, 3.63) is 22.2 Å². The fourth-order valence-electron chi connectivity index (χ4n) is 2.77. The van der Waals surface area contributed by atoms with Gasteiger partial charge in [0.1, 0.15) is 18.1 Å². The van der Waals surface area contributed by atoms with Crippen molar-refractivity contribution >= 4 is 40.6 Å². The molecule has 1 amide bonds. The summed E-state index contributed by atoms with van der Waals surface area (Å²) in [5.41, 5.74) is 0.509. The fourth-order valence-corrected chi connectivity index (χ4v) is 3.28. The molecule has 0 spiro atoms. The summed E-state index contributed by atoms with van der Waals surface area (Å²) in [4.78, 5) is 14.5. The zero-order valence-corrected chi connectivity index (χ0v) is 14.7. The number of carbonyl (C=O) groups excluding carboxylic acids is 1. The summed E-state index contributed by atoms with van der Waals surface area (Å²) in [6.45, 7) is 5.04. The number of ether oxygens (including phenoxy) is 1. The third-order valence-corrected chi connectivity index (χ3v) is 4.41. The van der Waals surface area contributed by atoms with Gasteiger partial charge in [-0.05, 0) is 32.8 Å². The van der Waals surface area contributed by atoms with Crippen molar-refractivity contribution in [3.8, 4) is 5.75 Å². The second-order valence-corrected chi connectivity index (χ2v) is 6.82. The monoisotopic (exact) mass is 355 g/mol. The zero-order valence-electron chi connectivity index (χ0n) is 13.2. The maximum absolute atomic E-state index is 12.5. The Hall–Kier alpha value is -1.46. The minimum Gasteiger partial charge on any atom is -0.489 e. The Kier molecular flexibility index (Phi) is 4.69. The van der Waals surface area contributed by atoms with Gasteiger partial charge in [0, 0.05) is 19.0 Å². The van der Waals surface area contributed by atoms with E-state index in [-0.39, 0.29) is 12.0 Å². The lowest BCUT2D eigenvalue weighted by atomic mass is 10.1. The van der Waals surface area contributed by atoms with E-state index < -0.39 is 0 Å². The summed E-state index contributed by atoms with van der Waals surface area (Å²) >= 11 is 12.5. The normalized spacial score (nSPS) is 18.1. The van der Waals surface area contributed by atoms with E-state index in [1.165, 1.54) is 5.01 Å². The van der Waals surface area contributed by atoms with Gasteiger partial charge in [0.2, 0.25) is 0 Å². The van der Waals surface area contributed by atoms with Crippen molar-refractivity contribution in [1.82, 2.24) is 4.90 Å². The van der Waals surface area contributed by atoms with Gasteiger partial charge in [-0.15, -0.1) is 0 Å². The smallest absolute Gasteiger partial charge is 0.267 e. The van der Waals surface area contributed by atoms with Crippen molar-refractivity contribution in [2.45, 2.75) is 39.2 Å². The Balaban J connectivity index is 1.98. The molecule has 7 heteroatoms. The van der Waals surface area contributed by atoms with E-state index >= 15 is 0 Å². The zero-order chi connectivity index (χ0) is 16.6. The lowest BCUT2D eigenvalue weighted by Gasteiger charge is -2.36. The molecule has 0 aliphatic carbocycles. The Labute approximate surface area is 145 Å². The number of fused-ring (bicyclic) bond motifs is 1. The molecule has 0 aromatic heterocycles. The number of carbonyl (C=O) groups is 1. The quantitative estimate of drug-likeness (QED) is 0.825. The lowest BCUT2D eigenvalue weighted by Crippen LogP contribution is -2.49. The van der Waals surface area contributed by atoms with Gasteiger partial charge in [-0.2, -0.15) is 10.1 Å². The van der Waals surface area contributed by atoms with Crippen LogP contribution in [-0.4, -0.2) is 35.8 Å². The van der Waals surface area contributed by atoms with E-state index in [9.17, 15) is 4.79 Å². The number of hydrogen-bond donors (Lipinski definition) is 0. The first-order chi connectivity index (χ1) is 11.0. The number of piperidine rings is 1. The molecule has 0 radical (unpaired) electrons. The number of hydrogen-bond acceptors (Lipinski definition) is 4. The van der Waals surface area contributed by atoms with E-state index in [2.05, 4.69) is 5.10 Å². The Morgan fingerprint density at radius 2 is 2.00 bits per heavy atom. The van der Waals surface area contributed by atoms with Gasteiger partial charge in [0.05, 0.1) is 21.8 Å². The number of rotatable bonds is 3. The first-order valence-corrected chi connectivity index (χ1v) is 8.52. The van der Waals surface area contributed by atoms with Crippen LogP contribution in [0.1, 0.15) is 33.1 Å². The summed E-state index contributed by atoms with van der Waals surface area (Å²) in [5.74, 6) is 1.34. The van der Waals surface area contributed by atoms with Gasteiger partial charge in [0.25, 0.3) is 5.91 Å². The minimum atomic E-state index is -0.102. The van der Waals surface area contributed by atoms with Crippen molar-refractivity contribution in [2.75, 3.05) is 18.1 Å². The lowest BCUT2D eigenvalue weighted by molar-refractivity contribution is -0.119. The van der Waals surface area contributed by atoms with Crippen LogP contribution in [0, 0.1) is 0 Å². The number of benzene rings is 1. The van der Waals surface area contributed by atoms with Gasteiger partial charge < -0.3 is 9.64 Å². The summed E-state index contributed by atoms with van der Waals surface area (Å²) in [7, 11) is 0. The summed E-state index contributed by atoms with van der Waals surface area (Å²) in [6.07, 6.45) is 3.04. The van der Waals surface area contributed by atoms with Crippen LogP contribution in [0.2, 0.25) is 10.0 Å². The minimum absolute atomic E-state index is 0.0290. The molecule has 0 unspecified atom stereocenters. The second-order valence-electron chi connectivity index (χ2n) is 6.00. The highest BCUT2D eigenvalue weighted by atomic mass is 35.5. The molecule has 1 aromatic rings. The van der Waals surface area contributed by atoms with Crippen LogP contribution in [-0.2, 0) is 4.79 Å². The van der Waals surface area contributed by atoms with Gasteiger partial charge in [-0.3, -0.25) is 4.79 Å². The van der Waals surface area contributed by atoms with Crippen LogP contribution in [0.15, 0.2) is 17.2 Å². The van der Waals surface area contributed by atoms with Crippen molar-refractivity contribution in [3.63, 3.8) is 0 Å². The van der Waals surface area contributed by atoms with Crippen LogP contribution in [0.5, 0.6) is 5.75 Å². The van der Waals surface area contributed by atoms with Crippen molar-refractivity contribution in [2.24, 2.45) is 5.10 Å². The molecule has 0 atom stereocenters. The Morgan fingerprint density at radius 3 is 2.74 bits per heavy atom. The first-order valence-electron chi connectivity index (χ1n) is 7.77. The molecule has 1 saturated heterocycles. The first kappa shape index (κ1) is 16.4. The molecule has 0 saturated carbocycles. The SMILES string of the molecule is CC(C)Oc1cc(N2N=C3CCCCN3CC2=O)c(Cl)cc1Cl. The molecule has 2 aliphatic rings. The van der Waals surface area contributed by atoms with Crippen LogP contribution < -0.4 is 9.75 Å². The number of amidine groups is 1.